The molecule has 0 saturated carbocycles. The predicted molar refractivity (Wildman–Crippen MR) is 59.7 cm³/mol. The molecule has 1 aromatic heterocycles. The molecule has 6 heteroatoms. The van der Waals surface area contributed by atoms with Gasteiger partial charge >= 0.3 is 5.97 Å². The Labute approximate surface area is 99.0 Å². The molecule has 0 radical (unpaired) electrons. The second-order valence-corrected chi connectivity index (χ2v) is 3.82. The smallest absolute Gasteiger partial charge is 0.305 e. The van der Waals surface area contributed by atoms with Crippen molar-refractivity contribution >= 4 is 11.9 Å². The molecule has 0 aliphatic heterocycles. The zero-order chi connectivity index (χ0) is 12.8. The van der Waals surface area contributed by atoms with Crippen molar-refractivity contribution in [1.82, 2.24) is 10.3 Å². The predicted octanol–water partition coefficient (Wildman–Crippen LogP) is 1.36. The molecular weight excluding hydrogens is 224 g/mol. The molecule has 1 rings (SSSR count). The third-order valence-electron chi connectivity index (χ3n) is 2.35. The molecule has 6 nitrogen and oxygen atoms in total. The van der Waals surface area contributed by atoms with Crippen LogP contribution in [0.25, 0.3) is 0 Å². The van der Waals surface area contributed by atoms with Gasteiger partial charge < -0.3 is 14.8 Å². The van der Waals surface area contributed by atoms with Gasteiger partial charge in [0.05, 0.1) is 12.1 Å². The van der Waals surface area contributed by atoms with Gasteiger partial charge in [-0.25, -0.2) is 4.98 Å². The van der Waals surface area contributed by atoms with Crippen molar-refractivity contribution in [3.8, 4) is 0 Å². The lowest BCUT2D eigenvalue weighted by molar-refractivity contribution is -0.137. The second-order valence-electron chi connectivity index (χ2n) is 3.82. The largest absolute Gasteiger partial charge is 0.481 e. The van der Waals surface area contributed by atoms with Gasteiger partial charge in [0.1, 0.15) is 0 Å². The van der Waals surface area contributed by atoms with Gasteiger partial charge in [0.25, 0.3) is 5.91 Å². The molecule has 1 heterocycles. The average Bonchev–Trinajstić information content (AvgIpc) is 2.63. The molecule has 2 N–H and O–H groups in total. The molecule has 0 aromatic carbocycles. The lowest BCUT2D eigenvalue weighted by Gasteiger charge is -2.15. The third kappa shape index (κ3) is 3.90. The number of carboxylic acid groups (broad SMARTS) is 1. The van der Waals surface area contributed by atoms with Gasteiger partial charge in [0.15, 0.2) is 6.39 Å². The lowest BCUT2D eigenvalue weighted by Crippen LogP contribution is -2.36. The van der Waals surface area contributed by atoms with Gasteiger partial charge in [0, 0.05) is 6.04 Å². The van der Waals surface area contributed by atoms with Gasteiger partial charge in [-0.3, -0.25) is 9.59 Å². The third-order valence-corrected chi connectivity index (χ3v) is 2.35. The molecule has 1 unspecified atom stereocenters. The standard InChI is InChI=1S/C11H16N2O4/c1-3-4-8(5-9(14)15)13-11(16)10-7(2)12-6-17-10/h6,8H,3-5H2,1-2H3,(H,13,16)(H,14,15). The van der Waals surface area contributed by atoms with E-state index in [1.165, 1.54) is 6.39 Å². The molecule has 0 aliphatic rings. The van der Waals surface area contributed by atoms with Crippen molar-refractivity contribution in [2.75, 3.05) is 0 Å². The number of rotatable bonds is 6. The summed E-state index contributed by atoms with van der Waals surface area (Å²) in [7, 11) is 0. The van der Waals surface area contributed by atoms with Crippen molar-refractivity contribution in [2.24, 2.45) is 0 Å². The fourth-order valence-electron chi connectivity index (χ4n) is 1.56. The number of nitrogens with zero attached hydrogens (tertiary/aromatic N) is 1. The van der Waals surface area contributed by atoms with E-state index in [0.29, 0.717) is 12.1 Å². The lowest BCUT2D eigenvalue weighted by atomic mass is 10.1. The second kappa shape index (κ2) is 6.03. The topological polar surface area (TPSA) is 92.4 Å². The number of oxazole rings is 1. The van der Waals surface area contributed by atoms with E-state index >= 15 is 0 Å². The minimum atomic E-state index is -0.932. The van der Waals surface area contributed by atoms with E-state index in [9.17, 15) is 9.59 Å². The first kappa shape index (κ1) is 13.2. The summed E-state index contributed by atoms with van der Waals surface area (Å²) in [5.41, 5.74) is 0.494. The van der Waals surface area contributed by atoms with Gasteiger partial charge in [-0.15, -0.1) is 0 Å². The molecule has 17 heavy (non-hydrogen) atoms. The zero-order valence-corrected chi connectivity index (χ0v) is 9.90. The number of hydrogen-bond donors (Lipinski definition) is 2. The summed E-state index contributed by atoms with van der Waals surface area (Å²) >= 11 is 0. The van der Waals surface area contributed by atoms with E-state index in [1.807, 2.05) is 6.92 Å². The van der Waals surface area contributed by atoms with Gasteiger partial charge in [-0.05, 0) is 13.3 Å². The highest BCUT2D eigenvalue weighted by atomic mass is 16.4. The first-order valence-electron chi connectivity index (χ1n) is 5.47. The molecule has 94 valence electrons. The molecule has 1 atom stereocenters. The Morgan fingerprint density at radius 3 is 2.76 bits per heavy atom. The van der Waals surface area contributed by atoms with Gasteiger partial charge in [-0.1, -0.05) is 13.3 Å². The number of aliphatic carboxylic acids is 1. The number of amides is 1. The van der Waals surface area contributed by atoms with E-state index in [0.717, 1.165) is 6.42 Å². The van der Waals surface area contributed by atoms with Crippen LogP contribution in [0, 0.1) is 6.92 Å². The first-order chi connectivity index (χ1) is 8.04. The fraction of sp³-hybridized carbons (Fsp3) is 0.545. The van der Waals surface area contributed by atoms with Crippen LogP contribution in [-0.2, 0) is 4.79 Å². The van der Waals surface area contributed by atoms with E-state index in [1.54, 1.807) is 6.92 Å². The number of carbonyl (C=O) groups is 2. The van der Waals surface area contributed by atoms with Crippen LogP contribution in [0.3, 0.4) is 0 Å². The van der Waals surface area contributed by atoms with Crippen LogP contribution < -0.4 is 5.32 Å². The Balaban J connectivity index is 2.64. The normalized spacial score (nSPS) is 12.1. The average molecular weight is 240 g/mol. The molecule has 0 spiro atoms. The monoisotopic (exact) mass is 240 g/mol. The van der Waals surface area contributed by atoms with Gasteiger partial charge in [-0.2, -0.15) is 0 Å². The highest BCUT2D eigenvalue weighted by Crippen LogP contribution is 2.08. The Kier molecular flexibility index (Phi) is 4.68. The van der Waals surface area contributed by atoms with Crippen LogP contribution in [0.15, 0.2) is 10.8 Å². The number of hydrogen-bond acceptors (Lipinski definition) is 4. The minimum absolute atomic E-state index is 0.0905. The fourth-order valence-corrected chi connectivity index (χ4v) is 1.56. The van der Waals surface area contributed by atoms with Crippen LogP contribution in [0.2, 0.25) is 0 Å². The Morgan fingerprint density at radius 2 is 2.29 bits per heavy atom. The maximum absolute atomic E-state index is 11.8. The first-order valence-corrected chi connectivity index (χ1v) is 5.47. The Hall–Kier alpha value is -1.85. The summed E-state index contributed by atoms with van der Waals surface area (Å²) in [6.07, 6.45) is 2.52. The summed E-state index contributed by atoms with van der Waals surface area (Å²) in [6, 6.07) is -0.380. The van der Waals surface area contributed by atoms with Crippen molar-refractivity contribution in [3.05, 3.63) is 17.8 Å². The number of carboxylic acids is 1. The number of nitrogens with one attached hydrogen (secondary N) is 1. The van der Waals surface area contributed by atoms with E-state index in [4.69, 9.17) is 9.52 Å². The summed E-state index contributed by atoms with van der Waals surface area (Å²) in [5.74, 6) is -1.21. The quantitative estimate of drug-likeness (QED) is 0.783. The van der Waals surface area contributed by atoms with E-state index in [2.05, 4.69) is 10.3 Å². The van der Waals surface area contributed by atoms with E-state index < -0.39 is 11.9 Å². The molecule has 0 bridgehead atoms. The zero-order valence-electron chi connectivity index (χ0n) is 9.90. The Morgan fingerprint density at radius 1 is 1.59 bits per heavy atom. The van der Waals surface area contributed by atoms with Gasteiger partial charge in [0.2, 0.25) is 5.76 Å². The number of aromatic nitrogens is 1. The Bertz CT molecular complexity index is 400. The maximum Gasteiger partial charge on any atom is 0.305 e. The van der Waals surface area contributed by atoms with Crippen LogP contribution in [0.4, 0.5) is 0 Å². The molecule has 0 fully saturated rings. The number of carbonyl (C=O) groups excluding carboxylic acids is 1. The maximum atomic E-state index is 11.8. The minimum Gasteiger partial charge on any atom is -0.481 e. The molecule has 1 amide bonds. The van der Waals surface area contributed by atoms with Crippen molar-refractivity contribution in [3.63, 3.8) is 0 Å². The summed E-state index contributed by atoms with van der Waals surface area (Å²) < 4.78 is 4.94. The molecular formula is C11H16N2O4. The van der Waals surface area contributed by atoms with Crippen molar-refractivity contribution in [1.29, 1.82) is 0 Å². The SMILES string of the molecule is CCCC(CC(=O)O)NC(=O)c1ocnc1C. The highest BCUT2D eigenvalue weighted by Gasteiger charge is 2.19. The molecule has 0 aliphatic carbocycles. The van der Waals surface area contributed by atoms with Crippen LogP contribution in [0.1, 0.15) is 42.4 Å². The molecule has 1 aromatic rings. The van der Waals surface area contributed by atoms with Crippen molar-refractivity contribution < 1.29 is 19.1 Å². The molecule has 0 saturated heterocycles. The van der Waals surface area contributed by atoms with Crippen molar-refractivity contribution in [2.45, 2.75) is 39.2 Å². The van der Waals surface area contributed by atoms with Crippen LogP contribution in [0.5, 0.6) is 0 Å². The van der Waals surface area contributed by atoms with Crippen LogP contribution in [-0.4, -0.2) is 28.0 Å². The summed E-state index contributed by atoms with van der Waals surface area (Å²) in [5, 5.41) is 11.4. The van der Waals surface area contributed by atoms with E-state index in [-0.39, 0.29) is 18.2 Å². The summed E-state index contributed by atoms with van der Waals surface area (Å²) in [4.78, 5) is 26.2. The van der Waals surface area contributed by atoms with Crippen LogP contribution >= 0.6 is 0 Å². The summed E-state index contributed by atoms with van der Waals surface area (Å²) in [6.45, 7) is 3.59. The number of aryl methyl sites for hydroxylation is 1. The highest BCUT2D eigenvalue weighted by molar-refractivity contribution is 5.92.